The number of aliphatic hydroxyl groups excluding tert-OH is 1. The van der Waals surface area contributed by atoms with Crippen LogP contribution in [0.2, 0.25) is 0 Å². The Morgan fingerprint density at radius 3 is 2.33 bits per heavy atom. The van der Waals surface area contributed by atoms with Crippen LogP contribution in [0.3, 0.4) is 0 Å². The molecule has 0 atom stereocenters. The van der Waals surface area contributed by atoms with Crippen LogP contribution in [0.4, 0.5) is 0 Å². The second kappa shape index (κ2) is 4.23. The van der Waals surface area contributed by atoms with E-state index in [0.717, 1.165) is 23.1 Å². The van der Waals surface area contributed by atoms with Gasteiger partial charge in [-0.25, -0.2) is 0 Å². The number of benzene rings is 1. The van der Waals surface area contributed by atoms with Crippen molar-refractivity contribution in [3.05, 3.63) is 28.8 Å². The molecule has 1 aromatic carbocycles. The Balaban J connectivity index is 3.34. The van der Waals surface area contributed by atoms with Gasteiger partial charge in [-0.1, -0.05) is 26.8 Å². The minimum Gasteiger partial charge on any atom is -0.507 e. The third-order valence-corrected chi connectivity index (χ3v) is 3.16. The van der Waals surface area contributed by atoms with Gasteiger partial charge in [0.1, 0.15) is 5.75 Å². The van der Waals surface area contributed by atoms with E-state index in [4.69, 9.17) is 5.11 Å². The van der Waals surface area contributed by atoms with Gasteiger partial charge in [0, 0.05) is 5.56 Å². The molecule has 0 saturated heterocycles. The Morgan fingerprint density at radius 1 is 1.27 bits per heavy atom. The van der Waals surface area contributed by atoms with E-state index >= 15 is 0 Å². The number of hydrogen-bond donors (Lipinski definition) is 2. The van der Waals surface area contributed by atoms with Gasteiger partial charge in [0.25, 0.3) is 0 Å². The maximum Gasteiger partial charge on any atom is 0.122 e. The molecule has 0 saturated carbocycles. The summed E-state index contributed by atoms with van der Waals surface area (Å²) in [6.07, 6.45) is 0.953. The van der Waals surface area contributed by atoms with Crippen molar-refractivity contribution in [2.75, 3.05) is 0 Å². The van der Waals surface area contributed by atoms with Gasteiger partial charge in [0.2, 0.25) is 0 Å². The molecule has 1 aromatic rings. The molecule has 2 N–H and O–H groups in total. The fourth-order valence-corrected chi connectivity index (χ4v) is 1.65. The second-order valence-electron chi connectivity index (χ2n) is 4.70. The lowest BCUT2D eigenvalue weighted by Gasteiger charge is -2.25. The lowest BCUT2D eigenvalue weighted by atomic mass is 9.80. The number of aromatic hydroxyl groups is 1. The molecule has 2 nitrogen and oxygen atoms in total. The van der Waals surface area contributed by atoms with E-state index in [-0.39, 0.29) is 12.0 Å². The van der Waals surface area contributed by atoms with Crippen molar-refractivity contribution in [2.45, 2.75) is 46.1 Å². The minimum atomic E-state index is -0.0555. The molecule has 15 heavy (non-hydrogen) atoms. The number of hydrogen-bond acceptors (Lipinski definition) is 2. The van der Waals surface area contributed by atoms with Crippen LogP contribution in [-0.2, 0) is 12.0 Å². The minimum absolute atomic E-state index is 0.0217. The molecule has 0 aliphatic carbocycles. The molecule has 0 fully saturated rings. The summed E-state index contributed by atoms with van der Waals surface area (Å²) >= 11 is 0. The summed E-state index contributed by atoms with van der Waals surface area (Å²) in [5.74, 6) is 0.360. The zero-order valence-electron chi connectivity index (χ0n) is 9.96. The van der Waals surface area contributed by atoms with Crippen LogP contribution in [-0.4, -0.2) is 10.2 Å². The molecule has 0 bridgehead atoms. The van der Waals surface area contributed by atoms with Crippen molar-refractivity contribution >= 4 is 0 Å². The van der Waals surface area contributed by atoms with Crippen molar-refractivity contribution < 1.29 is 10.2 Å². The van der Waals surface area contributed by atoms with E-state index < -0.39 is 0 Å². The van der Waals surface area contributed by atoms with Gasteiger partial charge >= 0.3 is 0 Å². The van der Waals surface area contributed by atoms with Crippen molar-refractivity contribution in [1.29, 1.82) is 0 Å². The summed E-state index contributed by atoms with van der Waals surface area (Å²) in [6.45, 7) is 8.18. The summed E-state index contributed by atoms with van der Waals surface area (Å²) in [5, 5.41) is 19.1. The SMILES string of the molecule is CCC(C)(C)c1cc(CO)cc(C)c1O. The molecule has 0 aliphatic rings. The highest BCUT2D eigenvalue weighted by Gasteiger charge is 2.23. The van der Waals surface area contributed by atoms with E-state index in [9.17, 15) is 5.11 Å². The summed E-state index contributed by atoms with van der Waals surface area (Å²) in [4.78, 5) is 0. The Bertz CT molecular complexity index is 354. The molecule has 2 heteroatoms. The Hall–Kier alpha value is -1.02. The normalized spacial score (nSPS) is 11.8. The van der Waals surface area contributed by atoms with Gasteiger partial charge in [-0.15, -0.1) is 0 Å². The van der Waals surface area contributed by atoms with E-state index in [1.54, 1.807) is 0 Å². The molecule has 0 radical (unpaired) electrons. The number of phenolic OH excluding ortho intramolecular Hbond substituents is 1. The first-order chi connectivity index (χ1) is 6.92. The van der Waals surface area contributed by atoms with E-state index in [1.807, 2.05) is 19.1 Å². The molecule has 0 unspecified atom stereocenters. The van der Waals surface area contributed by atoms with Crippen LogP contribution in [0.25, 0.3) is 0 Å². The topological polar surface area (TPSA) is 40.5 Å². The van der Waals surface area contributed by atoms with Gasteiger partial charge in [0.15, 0.2) is 0 Å². The molecule has 1 rings (SSSR count). The van der Waals surface area contributed by atoms with Crippen LogP contribution in [0.5, 0.6) is 5.75 Å². The van der Waals surface area contributed by atoms with Crippen LogP contribution in [0.1, 0.15) is 43.9 Å². The smallest absolute Gasteiger partial charge is 0.122 e. The standard InChI is InChI=1S/C13H20O2/c1-5-13(3,4)11-7-10(8-14)6-9(2)12(11)15/h6-7,14-15H,5,8H2,1-4H3. The van der Waals surface area contributed by atoms with E-state index in [1.165, 1.54) is 0 Å². The highest BCUT2D eigenvalue weighted by molar-refractivity contribution is 5.46. The Morgan fingerprint density at radius 2 is 1.87 bits per heavy atom. The zero-order valence-corrected chi connectivity index (χ0v) is 9.96. The first-order valence-electron chi connectivity index (χ1n) is 5.36. The third kappa shape index (κ3) is 2.32. The molecule has 0 spiro atoms. The molecule has 0 amide bonds. The van der Waals surface area contributed by atoms with Gasteiger partial charge in [-0.05, 0) is 36.0 Å². The van der Waals surface area contributed by atoms with Crippen LogP contribution in [0, 0.1) is 6.92 Å². The Labute approximate surface area is 91.6 Å². The molecular formula is C13H20O2. The molecule has 0 heterocycles. The van der Waals surface area contributed by atoms with Crippen molar-refractivity contribution in [3.63, 3.8) is 0 Å². The highest BCUT2D eigenvalue weighted by atomic mass is 16.3. The van der Waals surface area contributed by atoms with Gasteiger partial charge < -0.3 is 10.2 Å². The predicted octanol–water partition coefficient (Wildman–Crippen LogP) is 2.88. The van der Waals surface area contributed by atoms with E-state index in [0.29, 0.717) is 5.75 Å². The van der Waals surface area contributed by atoms with Crippen LogP contribution in [0.15, 0.2) is 12.1 Å². The summed E-state index contributed by atoms with van der Waals surface area (Å²) < 4.78 is 0. The predicted molar refractivity (Wildman–Crippen MR) is 62.1 cm³/mol. The average Bonchev–Trinajstić information content (AvgIpc) is 2.21. The highest BCUT2D eigenvalue weighted by Crippen LogP contribution is 2.36. The Kier molecular flexibility index (Phi) is 3.40. The van der Waals surface area contributed by atoms with Crippen LogP contribution < -0.4 is 0 Å². The fourth-order valence-electron chi connectivity index (χ4n) is 1.65. The van der Waals surface area contributed by atoms with Gasteiger partial charge in [-0.3, -0.25) is 0 Å². The van der Waals surface area contributed by atoms with Crippen LogP contribution >= 0.6 is 0 Å². The van der Waals surface area contributed by atoms with Crippen molar-refractivity contribution in [3.8, 4) is 5.75 Å². The monoisotopic (exact) mass is 208 g/mol. The lowest BCUT2D eigenvalue weighted by molar-refractivity contribution is 0.281. The summed E-state index contributed by atoms with van der Waals surface area (Å²) in [7, 11) is 0. The maximum absolute atomic E-state index is 10.0. The number of aliphatic hydroxyl groups is 1. The van der Waals surface area contributed by atoms with Crippen molar-refractivity contribution in [1.82, 2.24) is 0 Å². The number of phenols is 1. The van der Waals surface area contributed by atoms with E-state index in [2.05, 4.69) is 20.8 Å². The largest absolute Gasteiger partial charge is 0.507 e. The summed E-state index contributed by atoms with van der Waals surface area (Å²) in [5.41, 5.74) is 2.56. The number of rotatable bonds is 3. The summed E-state index contributed by atoms with van der Waals surface area (Å²) in [6, 6.07) is 3.72. The first kappa shape index (κ1) is 12.1. The number of aryl methyl sites for hydroxylation is 1. The molecule has 0 aromatic heterocycles. The quantitative estimate of drug-likeness (QED) is 0.801. The molecule has 84 valence electrons. The fraction of sp³-hybridized carbons (Fsp3) is 0.538. The van der Waals surface area contributed by atoms with Gasteiger partial charge in [-0.2, -0.15) is 0 Å². The average molecular weight is 208 g/mol. The second-order valence-corrected chi connectivity index (χ2v) is 4.70. The molecular weight excluding hydrogens is 188 g/mol. The van der Waals surface area contributed by atoms with Crippen molar-refractivity contribution in [2.24, 2.45) is 0 Å². The maximum atomic E-state index is 10.0. The third-order valence-electron chi connectivity index (χ3n) is 3.16. The lowest BCUT2D eigenvalue weighted by Crippen LogP contribution is -2.16. The molecule has 0 aliphatic heterocycles. The first-order valence-corrected chi connectivity index (χ1v) is 5.36. The zero-order chi connectivity index (χ0) is 11.6. The van der Waals surface area contributed by atoms with Gasteiger partial charge in [0.05, 0.1) is 6.61 Å².